The Balaban J connectivity index is -0.000000810. The van der Waals surface area contributed by atoms with Crippen LogP contribution in [-0.2, 0) is 4.57 Å². The predicted octanol–water partition coefficient (Wildman–Crippen LogP) is -2.52. The molecule has 0 aliphatic heterocycles. The average Bonchev–Trinajstić information content (AvgIpc) is 2.30. The minimum Gasteiger partial charge on any atom is -1.00 e. The second kappa shape index (κ2) is 9.22. The fraction of sp³-hybridized carbons (Fsp3) is 0. The van der Waals surface area contributed by atoms with E-state index in [-0.39, 0.29) is 73.5 Å². The zero-order valence-corrected chi connectivity index (χ0v) is 15.8. The fourth-order valence-electron chi connectivity index (χ4n) is 1.25. The summed E-state index contributed by atoms with van der Waals surface area (Å²) in [4.78, 5) is 9.53. The summed E-state index contributed by atoms with van der Waals surface area (Å²) in [6, 6.07) is 16.7. The van der Waals surface area contributed by atoms with Gasteiger partial charge < -0.3 is 11.9 Å². The van der Waals surface area contributed by atoms with Crippen LogP contribution in [0.3, 0.4) is 0 Å². The van der Waals surface area contributed by atoms with Gasteiger partial charge >= 0.3 is 66.9 Å². The smallest absolute Gasteiger partial charge is 1.00 e. The molecule has 7 heteroatoms. The van der Waals surface area contributed by atoms with E-state index < -0.39 is 7.82 Å². The first kappa shape index (κ1) is 19.2. The molecule has 2 aromatic carbocycles. The molecule has 0 amide bonds. The van der Waals surface area contributed by atoms with Gasteiger partial charge in [0.1, 0.15) is 11.5 Å². The topological polar surface area (TPSA) is 55.8 Å². The van der Waals surface area contributed by atoms with Crippen molar-refractivity contribution in [2.75, 3.05) is 0 Å². The molecule has 0 aliphatic carbocycles. The van der Waals surface area contributed by atoms with E-state index in [0.29, 0.717) is 0 Å². The van der Waals surface area contributed by atoms with Crippen LogP contribution < -0.4 is 68.2 Å². The fourth-order valence-corrected chi connectivity index (χ4v) is 2.06. The van der Waals surface area contributed by atoms with Crippen LogP contribution in [0.1, 0.15) is 2.85 Å². The van der Waals surface area contributed by atoms with E-state index in [1.165, 1.54) is 0 Å². The molecule has 0 bridgehead atoms. The molecule has 92 valence electrons. The van der Waals surface area contributed by atoms with Gasteiger partial charge in [0.25, 0.3) is 0 Å². The van der Waals surface area contributed by atoms with E-state index in [4.69, 9.17) is 9.05 Å². The van der Waals surface area contributed by atoms with Crippen LogP contribution in [0, 0.1) is 0 Å². The molecule has 0 heterocycles. The number of para-hydroxylation sites is 2. The third-order valence-electron chi connectivity index (χ3n) is 1.93. The monoisotopic (exact) mass is 298 g/mol. The van der Waals surface area contributed by atoms with Crippen LogP contribution in [0.25, 0.3) is 0 Å². The number of hydrogen-bond acceptors (Lipinski definition) is 3. The first-order valence-electron chi connectivity index (χ1n) is 4.98. The summed E-state index contributed by atoms with van der Waals surface area (Å²) in [5.74, 6) is 0.573. The molecular weight excluding hydrogens is 285 g/mol. The summed E-state index contributed by atoms with van der Waals surface area (Å²) in [7, 11) is -4.14. The molecule has 0 spiro atoms. The van der Waals surface area contributed by atoms with Crippen LogP contribution in [0.4, 0.5) is 0 Å². The largest absolute Gasteiger partial charge is 1.00 e. The van der Waals surface area contributed by atoms with Gasteiger partial charge in [0.15, 0.2) is 0 Å². The Bertz CT molecular complexity index is 486. The average molecular weight is 298 g/mol. The van der Waals surface area contributed by atoms with Gasteiger partial charge in [-0.2, -0.15) is 0 Å². The van der Waals surface area contributed by atoms with Gasteiger partial charge in [0, 0.05) is 0 Å². The van der Waals surface area contributed by atoms with Crippen LogP contribution in [0.15, 0.2) is 60.7 Å². The van der Waals surface area contributed by atoms with Gasteiger partial charge in [-0.05, 0) is 24.3 Å². The second-order valence-corrected chi connectivity index (χ2v) is 4.58. The Morgan fingerprint density at radius 2 is 1.11 bits per heavy atom. The SMILES string of the molecule is O=P(O)(Oc1ccccc1)Oc1ccccc1.[H-].[H-].[Na+].[Na+]. The minimum absolute atomic E-state index is 0. The van der Waals surface area contributed by atoms with Crippen molar-refractivity contribution in [3.05, 3.63) is 60.7 Å². The van der Waals surface area contributed by atoms with Crippen LogP contribution >= 0.6 is 7.82 Å². The maximum absolute atomic E-state index is 11.7. The normalized spacial score (nSPS) is 9.74. The van der Waals surface area contributed by atoms with Crippen molar-refractivity contribution in [1.29, 1.82) is 0 Å². The van der Waals surface area contributed by atoms with Gasteiger partial charge in [-0.3, -0.25) is 4.89 Å². The third kappa shape index (κ3) is 6.98. The van der Waals surface area contributed by atoms with E-state index in [9.17, 15) is 9.46 Å². The number of hydrogen-bond donors (Lipinski definition) is 1. The zero-order chi connectivity index (χ0) is 12.1. The van der Waals surface area contributed by atoms with Gasteiger partial charge in [0.05, 0.1) is 0 Å². The Morgan fingerprint density at radius 1 is 0.789 bits per heavy atom. The molecule has 0 aromatic heterocycles. The zero-order valence-electron chi connectivity index (χ0n) is 12.9. The van der Waals surface area contributed by atoms with E-state index in [2.05, 4.69) is 0 Å². The Kier molecular flexibility index (Phi) is 9.33. The van der Waals surface area contributed by atoms with Crippen LogP contribution in [0.5, 0.6) is 11.5 Å². The molecule has 2 rings (SSSR count). The van der Waals surface area contributed by atoms with E-state index in [1.54, 1.807) is 60.7 Å². The molecule has 4 nitrogen and oxygen atoms in total. The Morgan fingerprint density at radius 3 is 1.42 bits per heavy atom. The molecule has 0 atom stereocenters. The number of phosphoric ester groups is 1. The third-order valence-corrected chi connectivity index (χ3v) is 2.81. The Hall–Kier alpha value is 0.230. The molecular formula is C12H13Na2O4P. The first-order valence-corrected chi connectivity index (χ1v) is 6.47. The summed E-state index contributed by atoms with van der Waals surface area (Å²) in [6.45, 7) is 0. The van der Waals surface area contributed by atoms with Gasteiger partial charge in [-0.25, -0.2) is 4.57 Å². The van der Waals surface area contributed by atoms with Crippen molar-refractivity contribution in [2.45, 2.75) is 0 Å². The molecule has 0 radical (unpaired) electrons. The van der Waals surface area contributed by atoms with E-state index in [0.717, 1.165) is 0 Å². The van der Waals surface area contributed by atoms with Crippen molar-refractivity contribution < 1.29 is 80.5 Å². The molecule has 19 heavy (non-hydrogen) atoms. The van der Waals surface area contributed by atoms with Crippen molar-refractivity contribution in [1.82, 2.24) is 0 Å². The van der Waals surface area contributed by atoms with Crippen molar-refractivity contribution in [3.8, 4) is 11.5 Å². The van der Waals surface area contributed by atoms with Gasteiger partial charge in [-0.15, -0.1) is 0 Å². The van der Waals surface area contributed by atoms with E-state index in [1.807, 2.05) is 0 Å². The second-order valence-electron chi connectivity index (χ2n) is 3.28. The molecule has 0 saturated carbocycles. The molecule has 0 unspecified atom stereocenters. The van der Waals surface area contributed by atoms with Gasteiger partial charge in [0.2, 0.25) is 0 Å². The summed E-state index contributed by atoms with van der Waals surface area (Å²) in [5, 5.41) is 0. The molecule has 0 saturated heterocycles. The Labute approximate surface area is 159 Å². The number of rotatable bonds is 4. The quantitative estimate of drug-likeness (QED) is 0.500. The maximum Gasteiger partial charge on any atom is 1.00 e. The van der Waals surface area contributed by atoms with E-state index >= 15 is 0 Å². The minimum atomic E-state index is -4.14. The van der Waals surface area contributed by atoms with Gasteiger partial charge in [-0.1, -0.05) is 36.4 Å². The van der Waals surface area contributed by atoms with Crippen molar-refractivity contribution >= 4 is 7.82 Å². The summed E-state index contributed by atoms with van der Waals surface area (Å²) in [6.07, 6.45) is 0. The molecule has 0 fully saturated rings. The van der Waals surface area contributed by atoms with Crippen molar-refractivity contribution in [3.63, 3.8) is 0 Å². The number of phosphoric acid groups is 1. The first-order chi connectivity index (χ1) is 8.16. The van der Waals surface area contributed by atoms with Crippen molar-refractivity contribution in [2.24, 2.45) is 0 Å². The number of benzene rings is 2. The van der Waals surface area contributed by atoms with Crippen LogP contribution in [0.2, 0.25) is 0 Å². The summed E-state index contributed by atoms with van der Waals surface area (Å²) in [5.41, 5.74) is 0. The van der Waals surface area contributed by atoms with Crippen LogP contribution in [-0.4, -0.2) is 4.89 Å². The molecule has 1 N–H and O–H groups in total. The summed E-state index contributed by atoms with van der Waals surface area (Å²) < 4.78 is 21.5. The predicted molar refractivity (Wildman–Crippen MR) is 66.2 cm³/mol. The molecule has 2 aromatic rings. The summed E-state index contributed by atoms with van der Waals surface area (Å²) >= 11 is 0. The maximum atomic E-state index is 11.7. The molecule has 0 aliphatic rings. The standard InChI is InChI=1S/C12H11O4P.2Na.2H/c13-17(14,15-11-7-3-1-4-8-11)16-12-9-5-2-6-10-12;;;;/h1-10H,(H,13,14);;;;/q;2*+1;2*-1.